The number of hydrogen-bond acceptors (Lipinski definition) is 9. The van der Waals surface area contributed by atoms with E-state index in [1.165, 1.54) is 48.1 Å². The molecular formula is C28H26F2N6O4S. The smallest absolute Gasteiger partial charge is 0.280 e. The van der Waals surface area contributed by atoms with E-state index in [9.17, 15) is 18.4 Å². The maximum absolute atomic E-state index is 13.6. The SMILES string of the molecule is COc1cnc(C(F)F)cc1-c1cc(-n2cccc(C)c2=O)ncc1C(=O)NC1=NNC(C#CC2CCOCC2)S1. The Morgan fingerprint density at radius 1 is 1.22 bits per heavy atom. The van der Waals surface area contributed by atoms with Gasteiger partial charge in [-0.1, -0.05) is 17.9 Å². The summed E-state index contributed by atoms with van der Waals surface area (Å²) in [6, 6.07) is 5.98. The van der Waals surface area contributed by atoms with Crippen LogP contribution in [0.3, 0.4) is 0 Å². The number of amidine groups is 1. The molecule has 0 radical (unpaired) electrons. The Kier molecular flexibility index (Phi) is 8.61. The van der Waals surface area contributed by atoms with Crippen molar-refractivity contribution >= 4 is 22.8 Å². The van der Waals surface area contributed by atoms with Crippen LogP contribution in [0.25, 0.3) is 16.9 Å². The summed E-state index contributed by atoms with van der Waals surface area (Å²) in [6.45, 7) is 3.05. The Labute approximate surface area is 238 Å². The predicted molar refractivity (Wildman–Crippen MR) is 150 cm³/mol. The van der Waals surface area contributed by atoms with Crippen LogP contribution in [0.4, 0.5) is 8.78 Å². The molecule has 1 amide bonds. The third kappa shape index (κ3) is 6.39. The van der Waals surface area contributed by atoms with Gasteiger partial charge in [0.1, 0.15) is 17.3 Å². The highest BCUT2D eigenvalue weighted by atomic mass is 32.2. The number of nitrogens with one attached hydrogen (secondary N) is 2. The minimum Gasteiger partial charge on any atom is -0.494 e. The number of aromatic nitrogens is 3. The van der Waals surface area contributed by atoms with Crippen molar-refractivity contribution in [1.82, 2.24) is 25.3 Å². The van der Waals surface area contributed by atoms with E-state index in [1.807, 2.05) is 0 Å². The lowest BCUT2D eigenvalue weighted by Gasteiger charge is -2.16. The van der Waals surface area contributed by atoms with Gasteiger partial charge in [-0.2, -0.15) is 5.10 Å². The molecule has 5 rings (SSSR count). The molecule has 1 fully saturated rings. The topological polar surface area (TPSA) is 120 Å². The lowest BCUT2D eigenvalue weighted by atomic mass is 10.00. The second-order valence-corrected chi connectivity index (χ2v) is 10.3. The molecule has 13 heteroatoms. The fraction of sp³-hybridized carbons (Fsp3) is 0.321. The van der Waals surface area contributed by atoms with Crippen LogP contribution < -0.4 is 21.0 Å². The van der Waals surface area contributed by atoms with Gasteiger partial charge in [0.2, 0.25) is 0 Å². The van der Waals surface area contributed by atoms with Gasteiger partial charge in [0.05, 0.1) is 18.9 Å². The number of ether oxygens (including phenoxy) is 2. The molecule has 1 atom stereocenters. The van der Waals surface area contributed by atoms with Crippen molar-refractivity contribution in [3.8, 4) is 34.5 Å². The van der Waals surface area contributed by atoms with Crippen LogP contribution in [0, 0.1) is 24.7 Å². The van der Waals surface area contributed by atoms with Crippen molar-refractivity contribution in [1.29, 1.82) is 0 Å². The van der Waals surface area contributed by atoms with E-state index in [1.54, 1.807) is 19.1 Å². The summed E-state index contributed by atoms with van der Waals surface area (Å²) < 4.78 is 39.3. The second-order valence-electron chi connectivity index (χ2n) is 9.24. The average molecular weight is 581 g/mol. The normalized spacial score (nSPS) is 16.9. The number of alkyl halides is 2. The number of pyridine rings is 3. The number of amides is 1. The summed E-state index contributed by atoms with van der Waals surface area (Å²) in [7, 11) is 1.37. The molecule has 2 N–H and O–H groups in total. The first-order chi connectivity index (χ1) is 19.8. The molecule has 41 heavy (non-hydrogen) atoms. The number of halogens is 2. The van der Waals surface area contributed by atoms with Crippen LogP contribution in [-0.4, -0.2) is 51.3 Å². The molecule has 3 aromatic heterocycles. The predicted octanol–water partition coefficient (Wildman–Crippen LogP) is 3.64. The molecule has 10 nitrogen and oxygen atoms in total. The van der Waals surface area contributed by atoms with Crippen LogP contribution in [0.5, 0.6) is 5.75 Å². The molecule has 1 saturated heterocycles. The zero-order valence-corrected chi connectivity index (χ0v) is 23.0. The lowest BCUT2D eigenvalue weighted by molar-refractivity contribution is 0.0807. The molecule has 5 heterocycles. The Bertz CT molecular complexity index is 1610. The van der Waals surface area contributed by atoms with Crippen molar-refractivity contribution in [3.05, 3.63) is 70.0 Å². The van der Waals surface area contributed by atoms with Gasteiger partial charge in [-0.05, 0) is 49.7 Å². The van der Waals surface area contributed by atoms with Crippen molar-refractivity contribution in [3.63, 3.8) is 0 Å². The zero-order chi connectivity index (χ0) is 28.9. The highest BCUT2D eigenvalue weighted by Crippen LogP contribution is 2.35. The number of rotatable bonds is 5. The highest BCUT2D eigenvalue weighted by molar-refractivity contribution is 8.14. The standard InChI is InChI=1S/C28H26F2N6O4S/c1-16-4-3-9-36(27(16)38)23-13-18(19-12-21(25(29)30)31-15-22(19)39-2)20(14-32-23)26(37)33-28-35-34-24(41-28)6-5-17-7-10-40-11-8-17/h3-4,9,12-15,17,24-25,34H,7-8,10-11H2,1-2H3,(H,33,35,37). The molecule has 0 aliphatic carbocycles. The Morgan fingerprint density at radius 2 is 2.02 bits per heavy atom. The highest BCUT2D eigenvalue weighted by Gasteiger charge is 2.25. The Balaban J connectivity index is 1.47. The number of hydrogen-bond donors (Lipinski definition) is 2. The molecule has 0 saturated carbocycles. The maximum Gasteiger partial charge on any atom is 0.280 e. The number of hydrazone groups is 1. The van der Waals surface area contributed by atoms with Gasteiger partial charge in [0.15, 0.2) is 10.5 Å². The van der Waals surface area contributed by atoms with E-state index < -0.39 is 18.0 Å². The Morgan fingerprint density at radius 3 is 2.78 bits per heavy atom. The van der Waals surface area contributed by atoms with Gasteiger partial charge in [0.25, 0.3) is 17.9 Å². The number of methoxy groups -OCH3 is 1. The number of thioether (sulfide) groups is 1. The van der Waals surface area contributed by atoms with E-state index in [4.69, 9.17) is 9.47 Å². The van der Waals surface area contributed by atoms with Crippen LogP contribution in [-0.2, 0) is 4.74 Å². The summed E-state index contributed by atoms with van der Waals surface area (Å²) in [5.74, 6) is 6.41. The molecule has 3 aromatic rings. The molecule has 0 aromatic carbocycles. The van der Waals surface area contributed by atoms with E-state index >= 15 is 0 Å². The third-order valence-electron chi connectivity index (χ3n) is 6.51. The molecule has 0 bridgehead atoms. The van der Waals surface area contributed by atoms with Crippen molar-refractivity contribution in [2.24, 2.45) is 11.0 Å². The lowest BCUT2D eigenvalue weighted by Crippen LogP contribution is -2.28. The van der Waals surface area contributed by atoms with Crippen LogP contribution in [0.2, 0.25) is 0 Å². The summed E-state index contributed by atoms with van der Waals surface area (Å²) in [4.78, 5) is 34.4. The number of carbonyl (C=O) groups is 1. The molecule has 0 spiro atoms. The number of aryl methyl sites for hydroxylation is 1. The molecular weight excluding hydrogens is 554 g/mol. The fourth-order valence-electron chi connectivity index (χ4n) is 4.31. The van der Waals surface area contributed by atoms with Gasteiger partial charge in [-0.25, -0.2) is 13.8 Å². The Hall–Kier alpha value is -4.28. The molecule has 2 aliphatic rings. The number of nitrogens with zero attached hydrogens (tertiary/aromatic N) is 4. The second kappa shape index (κ2) is 12.5. The van der Waals surface area contributed by atoms with E-state index in [-0.39, 0.29) is 45.1 Å². The van der Waals surface area contributed by atoms with Crippen molar-refractivity contribution in [2.75, 3.05) is 20.3 Å². The third-order valence-corrected chi connectivity index (χ3v) is 7.39. The van der Waals surface area contributed by atoms with Crippen molar-refractivity contribution < 1.29 is 23.0 Å². The minimum atomic E-state index is -2.85. The molecule has 1 unspecified atom stereocenters. The first-order valence-corrected chi connectivity index (χ1v) is 13.6. The van der Waals surface area contributed by atoms with Crippen LogP contribution in [0.1, 0.15) is 40.9 Å². The monoisotopic (exact) mass is 580 g/mol. The summed E-state index contributed by atoms with van der Waals surface area (Å²) in [5, 5.41) is 6.87. The van der Waals surface area contributed by atoms with E-state index in [0.29, 0.717) is 23.9 Å². The van der Waals surface area contributed by atoms with Gasteiger partial charge < -0.3 is 9.47 Å². The minimum absolute atomic E-state index is 0.0548. The van der Waals surface area contributed by atoms with Crippen molar-refractivity contribution in [2.45, 2.75) is 31.6 Å². The van der Waals surface area contributed by atoms with Gasteiger partial charge in [-0.15, -0.1) is 0 Å². The van der Waals surface area contributed by atoms with Crippen LogP contribution >= 0.6 is 11.8 Å². The maximum atomic E-state index is 13.6. The number of carbonyl (C=O) groups excluding carboxylic acids is 1. The summed E-state index contributed by atoms with van der Waals surface area (Å²) in [5.41, 5.74) is 3.03. The first kappa shape index (κ1) is 28.3. The van der Waals surface area contributed by atoms with E-state index in [2.05, 4.69) is 37.7 Å². The zero-order valence-electron chi connectivity index (χ0n) is 22.2. The van der Waals surface area contributed by atoms with Crippen LogP contribution in [0.15, 0.2) is 52.8 Å². The molecule has 2 aliphatic heterocycles. The van der Waals surface area contributed by atoms with Gasteiger partial charge in [0, 0.05) is 48.2 Å². The average Bonchev–Trinajstić information content (AvgIpc) is 3.44. The fourth-order valence-corrected chi connectivity index (χ4v) is 5.03. The van der Waals surface area contributed by atoms with Gasteiger partial charge in [-0.3, -0.25) is 29.9 Å². The summed E-state index contributed by atoms with van der Waals surface area (Å²) >= 11 is 1.24. The first-order valence-electron chi connectivity index (χ1n) is 12.7. The van der Waals surface area contributed by atoms with E-state index in [0.717, 1.165) is 18.9 Å². The quantitative estimate of drug-likeness (QED) is 0.439. The molecule has 212 valence electrons. The van der Waals surface area contributed by atoms with Gasteiger partial charge >= 0.3 is 0 Å². The summed E-state index contributed by atoms with van der Waals surface area (Å²) in [6.07, 6.45) is 2.88. The largest absolute Gasteiger partial charge is 0.494 e.